The Kier molecular flexibility index (Phi) is 16.7. The molecule has 3 nitrogen and oxygen atoms in total. The van der Waals surface area contributed by atoms with Crippen molar-refractivity contribution in [3.63, 3.8) is 0 Å². The molecule has 0 bridgehead atoms. The van der Waals surface area contributed by atoms with E-state index in [4.69, 9.17) is 5.73 Å². The van der Waals surface area contributed by atoms with Crippen molar-refractivity contribution in [1.82, 2.24) is 5.32 Å². The Balaban J connectivity index is 0. The number of benzene rings is 1. The predicted octanol–water partition coefficient (Wildman–Crippen LogP) is 3.86. The Morgan fingerprint density at radius 1 is 1.17 bits per heavy atom. The Hall–Kier alpha value is -1.94. The summed E-state index contributed by atoms with van der Waals surface area (Å²) in [5.41, 5.74) is 13.8. The van der Waals surface area contributed by atoms with Crippen LogP contribution in [0.25, 0.3) is 6.08 Å². The Morgan fingerprint density at radius 3 is 2.17 bits per heavy atom. The fourth-order valence-corrected chi connectivity index (χ4v) is 1.81. The summed E-state index contributed by atoms with van der Waals surface area (Å²) >= 11 is 0. The molecule has 0 amide bonds. The molecule has 0 saturated carbocycles. The highest BCUT2D eigenvalue weighted by molar-refractivity contribution is 5.57. The summed E-state index contributed by atoms with van der Waals surface area (Å²) in [6.45, 7) is 9.74. The first-order valence-electron chi connectivity index (χ1n) is 7.96. The molecule has 0 aliphatic heterocycles. The summed E-state index contributed by atoms with van der Waals surface area (Å²) < 4.78 is 0. The van der Waals surface area contributed by atoms with Crippen LogP contribution in [0.1, 0.15) is 26.3 Å². The van der Waals surface area contributed by atoms with Crippen molar-refractivity contribution < 1.29 is 0 Å². The van der Waals surface area contributed by atoms with Gasteiger partial charge in [-0.25, -0.2) is 0 Å². The molecular weight excluding hydrogens is 282 g/mol. The highest BCUT2D eigenvalue weighted by Crippen LogP contribution is 2.16. The molecule has 23 heavy (non-hydrogen) atoms. The van der Waals surface area contributed by atoms with Crippen molar-refractivity contribution in [2.24, 2.45) is 11.5 Å². The van der Waals surface area contributed by atoms with Crippen LogP contribution in [0.3, 0.4) is 0 Å². The number of hydrogen-bond donors (Lipinski definition) is 3. The zero-order valence-electron chi connectivity index (χ0n) is 15.2. The average Bonchev–Trinajstić information content (AvgIpc) is 2.64. The summed E-state index contributed by atoms with van der Waals surface area (Å²) in [4.78, 5) is 0. The van der Waals surface area contributed by atoms with Gasteiger partial charge in [-0.05, 0) is 37.7 Å². The molecule has 1 unspecified atom stereocenters. The lowest BCUT2D eigenvalue weighted by Gasteiger charge is -2.16. The van der Waals surface area contributed by atoms with Crippen LogP contribution in [0.5, 0.6) is 0 Å². The standard InChI is InChI=1S/C17H22N2.C2H6.CH5N/c1-4-9-15(16(5-2)17(18)19-3)13-12-14-10-7-6-8-11-14;2*1-2/h4-13,17,19H,1,18H2,2-3H3;1-2H3;2H2,1H3/b13-12+,15-9-,16-5+;;. The highest BCUT2D eigenvalue weighted by atomic mass is 15.0. The van der Waals surface area contributed by atoms with E-state index in [1.54, 1.807) is 6.08 Å². The molecule has 0 aliphatic rings. The number of rotatable bonds is 6. The minimum atomic E-state index is -0.184. The highest BCUT2D eigenvalue weighted by Gasteiger charge is 2.08. The van der Waals surface area contributed by atoms with Gasteiger partial charge < -0.3 is 16.8 Å². The van der Waals surface area contributed by atoms with E-state index < -0.39 is 0 Å². The molecule has 0 aliphatic carbocycles. The van der Waals surface area contributed by atoms with Crippen molar-refractivity contribution in [1.29, 1.82) is 0 Å². The molecule has 1 aromatic rings. The summed E-state index contributed by atoms with van der Waals surface area (Å²) in [5.74, 6) is 0. The third-order valence-corrected chi connectivity index (χ3v) is 2.84. The van der Waals surface area contributed by atoms with Gasteiger partial charge >= 0.3 is 0 Å². The lowest BCUT2D eigenvalue weighted by atomic mass is 10.0. The normalized spacial score (nSPS) is 12.7. The molecule has 1 aromatic carbocycles. The van der Waals surface area contributed by atoms with Gasteiger partial charge in [-0.2, -0.15) is 0 Å². The molecular formula is C20H33N3. The lowest BCUT2D eigenvalue weighted by Crippen LogP contribution is -2.36. The summed E-state index contributed by atoms with van der Waals surface area (Å²) in [6, 6.07) is 10.2. The SMILES string of the molecule is C=C/C=C(/C=C/c1ccccc1)C(=C/C)\C(N)NC.CC.CN. The molecule has 0 fully saturated rings. The maximum Gasteiger partial charge on any atom is 0.0810 e. The second kappa shape index (κ2) is 16.4. The van der Waals surface area contributed by atoms with E-state index in [1.807, 2.05) is 58.2 Å². The predicted molar refractivity (Wildman–Crippen MR) is 106 cm³/mol. The Morgan fingerprint density at radius 2 is 1.74 bits per heavy atom. The van der Waals surface area contributed by atoms with Gasteiger partial charge in [0.25, 0.3) is 0 Å². The third kappa shape index (κ3) is 9.63. The van der Waals surface area contributed by atoms with Gasteiger partial charge in [0.2, 0.25) is 0 Å². The van der Waals surface area contributed by atoms with E-state index in [0.717, 1.165) is 16.7 Å². The number of hydrogen-bond acceptors (Lipinski definition) is 3. The smallest absolute Gasteiger partial charge is 0.0810 e. The molecule has 5 N–H and O–H groups in total. The number of likely N-dealkylation sites (N-methyl/N-ethyl adjacent to an activating group) is 1. The monoisotopic (exact) mass is 315 g/mol. The molecule has 0 heterocycles. The summed E-state index contributed by atoms with van der Waals surface area (Å²) in [7, 11) is 3.35. The van der Waals surface area contributed by atoms with Crippen molar-refractivity contribution in [2.45, 2.75) is 26.9 Å². The van der Waals surface area contributed by atoms with Crippen LogP contribution in [0.4, 0.5) is 0 Å². The van der Waals surface area contributed by atoms with Gasteiger partial charge in [0.1, 0.15) is 0 Å². The fraction of sp³-hybridized carbons (Fsp3) is 0.300. The van der Waals surface area contributed by atoms with E-state index in [2.05, 4.69) is 41.9 Å². The lowest BCUT2D eigenvalue weighted by molar-refractivity contribution is 0.670. The zero-order chi connectivity index (χ0) is 18.1. The van der Waals surface area contributed by atoms with E-state index in [9.17, 15) is 0 Å². The summed E-state index contributed by atoms with van der Waals surface area (Å²) in [6.07, 6.45) is 9.70. The molecule has 0 saturated heterocycles. The van der Waals surface area contributed by atoms with Crippen LogP contribution >= 0.6 is 0 Å². The van der Waals surface area contributed by atoms with Crippen LogP contribution in [-0.2, 0) is 0 Å². The number of allylic oxidation sites excluding steroid dienone is 4. The van der Waals surface area contributed by atoms with Crippen LogP contribution in [0, 0.1) is 0 Å². The Bertz CT molecular complexity index is 485. The molecule has 1 atom stereocenters. The van der Waals surface area contributed by atoms with Gasteiger partial charge in [0.05, 0.1) is 6.17 Å². The van der Waals surface area contributed by atoms with Crippen molar-refractivity contribution >= 4 is 6.08 Å². The van der Waals surface area contributed by atoms with Crippen molar-refractivity contribution in [3.8, 4) is 0 Å². The van der Waals surface area contributed by atoms with Gasteiger partial charge in [-0.15, -0.1) is 0 Å². The second-order valence-corrected chi connectivity index (χ2v) is 4.11. The van der Waals surface area contributed by atoms with Gasteiger partial charge in [0.15, 0.2) is 0 Å². The van der Waals surface area contributed by atoms with Crippen LogP contribution in [0.2, 0.25) is 0 Å². The van der Waals surface area contributed by atoms with E-state index in [-0.39, 0.29) is 6.17 Å². The number of nitrogens with one attached hydrogen (secondary N) is 1. The van der Waals surface area contributed by atoms with Crippen molar-refractivity contribution in [3.05, 3.63) is 77.9 Å². The minimum Gasteiger partial charge on any atom is -0.333 e. The molecule has 0 aromatic heterocycles. The van der Waals surface area contributed by atoms with E-state index in [0.29, 0.717) is 0 Å². The maximum absolute atomic E-state index is 6.04. The number of nitrogens with two attached hydrogens (primary N) is 2. The zero-order valence-corrected chi connectivity index (χ0v) is 15.2. The average molecular weight is 316 g/mol. The first-order chi connectivity index (χ1) is 11.2. The molecule has 0 radical (unpaired) electrons. The van der Waals surface area contributed by atoms with Crippen LogP contribution in [0.15, 0.2) is 72.4 Å². The molecule has 3 heteroatoms. The van der Waals surface area contributed by atoms with Crippen molar-refractivity contribution in [2.75, 3.05) is 14.1 Å². The summed E-state index contributed by atoms with van der Waals surface area (Å²) in [5, 5.41) is 3.05. The van der Waals surface area contributed by atoms with E-state index in [1.165, 1.54) is 7.05 Å². The third-order valence-electron chi connectivity index (χ3n) is 2.84. The minimum absolute atomic E-state index is 0.184. The second-order valence-electron chi connectivity index (χ2n) is 4.11. The molecule has 128 valence electrons. The van der Waals surface area contributed by atoms with Crippen LogP contribution < -0.4 is 16.8 Å². The quantitative estimate of drug-likeness (QED) is 0.551. The largest absolute Gasteiger partial charge is 0.333 e. The topological polar surface area (TPSA) is 64.1 Å². The van der Waals surface area contributed by atoms with E-state index >= 15 is 0 Å². The van der Waals surface area contributed by atoms with Crippen LogP contribution in [-0.4, -0.2) is 20.3 Å². The fourth-order valence-electron chi connectivity index (χ4n) is 1.81. The van der Waals surface area contributed by atoms with Gasteiger partial charge in [-0.1, -0.05) is 81.1 Å². The van der Waals surface area contributed by atoms with Gasteiger partial charge in [0, 0.05) is 0 Å². The first-order valence-corrected chi connectivity index (χ1v) is 7.96. The molecule has 1 rings (SSSR count). The Labute approximate surface area is 142 Å². The van der Waals surface area contributed by atoms with Gasteiger partial charge in [-0.3, -0.25) is 0 Å². The maximum atomic E-state index is 6.04. The molecule has 0 spiro atoms. The first kappa shape index (κ1) is 23.3.